The van der Waals surface area contributed by atoms with Crippen molar-refractivity contribution in [2.24, 2.45) is 17.8 Å². The molecule has 0 aliphatic carbocycles. The van der Waals surface area contributed by atoms with Crippen LogP contribution >= 0.6 is 0 Å². The first kappa shape index (κ1) is 15.0. The summed E-state index contributed by atoms with van der Waals surface area (Å²) >= 11 is 0. The highest BCUT2D eigenvalue weighted by Crippen LogP contribution is 2.23. The van der Waals surface area contributed by atoms with Crippen LogP contribution in [0.4, 0.5) is 0 Å². The summed E-state index contributed by atoms with van der Waals surface area (Å²) in [6.07, 6.45) is 10.0. The van der Waals surface area contributed by atoms with Crippen LogP contribution in [0.2, 0.25) is 0 Å². The predicted octanol–water partition coefficient (Wildman–Crippen LogP) is 5.67. The van der Waals surface area contributed by atoms with Gasteiger partial charge in [0, 0.05) is 0 Å². The van der Waals surface area contributed by atoms with E-state index in [0.717, 1.165) is 17.8 Å². The van der Waals surface area contributed by atoms with Crippen molar-refractivity contribution in [3.8, 4) is 0 Å². The van der Waals surface area contributed by atoms with Gasteiger partial charge in [-0.1, -0.05) is 73.1 Å². The lowest BCUT2D eigenvalue weighted by Crippen LogP contribution is -2.09. The highest BCUT2D eigenvalue weighted by molar-refractivity contribution is 4.62. The minimum Gasteiger partial charge on any atom is -0.0654 e. The molecule has 92 valence electrons. The summed E-state index contributed by atoms with van der Waals surface area (Å²) < 4.78 is 0. The Balaban J connectivity index is 3.36. The molecular formula is C15H32. The van der Waals surface area contributed by atoms with E-state index in [2.05, 4.69) is 34.6 Å². The van der Waals surface area contributed by atoms with Crippen molar-refractivity contribution < 1.29 is 0 Å². The molecule has 15 heavy (non-hydrogen) atoms. The standard InChI is InChI=1S/C15H32/c1-6-7-8-9-10-11-14(4)12-15(5)13(2)3/h13-15H,6-12H2,1-5H3. The smallest absolute Gasteiger partial charge is 0.0417 e. The number of hydrogen-bond donors (Lipinski definition) is 0. The van der Waals surface area contributed by atoms with Gasteiger partial charge in [0.15, 0.2) is 0 Å². The lowest BCUT2D eigenvalue weighted by atomic mass is 9.86. The Bertz CT molecular complexity index is 126. The molecule has 0 nitrogen and oxygen atoms in total. The number of unbranched alkanes of at least 4 members (excludes halogenated alkanes) is 4. The summed E-state index contributed by atoms with van der Waals surface area (Å²) in [6.45, 7) is 11.8. The monoisotopic (exact) mass is 212 g/mol. The van der Waals surface area contributed by atoms with Crippen LogP contribution in [0.15, 0.2) is 0 Å². The van der Waals surface area contributed by atoms with E-state index in [0.29, 0.717) is 0 Å². The van der Waals surface area contributed by atoms with E-state index in [1.807, 2.05) is 0 Å². The summed E-state index contributed by atoms with van der Waals surface area (Å²) in [6, 6.07) is 0. The lowest BCUT2D eigenvalue weighted by Gasteiger charge is -2.20. The fourth-order valence-electron chi connectivity index (χ4n) is 2.12. The van der Waals surface area contributed by atoms with Gasteiger partial charge in [-0.15, -0.1) is 0 Å². The van der Waals surface area contributed by atoms with Crippen molar-refractivity contribution in [2.75, 3.05) is 0 Å². The zero-order valence-electron chi connectivity index (χ0n) is 11.7. The van der Waals surface area contributed by atoms with Crippen LogP contribution in [0.3, 0.4) is 0 Å². The Morgan fingerprint density at radius 1 is 0.800 bits per heavy atom. The third-order valence-corrected chi connectivity index (χ3v) is 3.71. The molecular weight excluding hydrogens is 180 g/mol. The van der Waals surface area contributed by atoms with Crippen LogP contribution in [0, 0.1) is 17.8 Å². The van der Waals surface area contributed by atoms with Gasteiger partial charge in [0.1, 0.15) is 0 Å². The molecule has 0 spiro atoms. The molecule has 0 amide bonds. The van der Waals surface area contributed by atoms with Crippen LogP contribution in [-0.4, -0.2) is 0 Å². The van der Waals surface area contributed by atoms with Crippen molar-refractivity contribution in [1.29, 1.82) is 0 Å². The first-order chi connectivity index (χ1) is 7.07. The van der Waals surface area contributed by atoms with Gasteiger partial charge in [-0.05, 0) is 24.2 Å². The van der Waals surface area contributed by atoms with Gasteiger partial charge in [-0.3, -0.25) is 0 Å². The summed E-state index contributed by atoms with van der Waals surface area (Å²) in [4.78, 5) is 0. The lowest BCUT2D eigenvalue weighted by molar-refractivity contribution is 0.315. The Labute approximate surface area is 97.8 Å². The van der Waals surface area contributed by atoms with E-state index < -0.39 is 0 Å². The highest BCUT2D eigenvalue weighted by atomic mass is 14.2. The molecule has 0 heteroatoms. The van der Waals surface area contributed by atoms with Gasteiger partial charge < -0.3 is 0 Å². The van der Waals surface area contributed by atoms with E-state index in [-0.39, 0.29) is 0 Å². The molecule has 2 unspecified atom stereocenters. The quantitative estimate of drug-likeness (QED) is 0.432. The first-order valence-corrected chi connectivity index (χ1v) is 7.07. The molecule has 0 aliphatic rings. The number of rotatable bonds is 9. The zero-order valence-corrected chi connectivity index (χ0v) is 11.7. The van der Waals surface area contributed by atoms with Crippen molar-refractivity contribution in [3.63, 3.8) is 0 Å². The first-order valence-electron chi connectivity index (χ1n) is 7.07. The molecule has 2 atom stereocenters. The van der Waals surface area contributed by atoms with Crippen LogP contribution in [0.25, 0.3) is 0 Å². The van der Waals surface area contributed by atoms with Crippen LogP contribution < -0.4 is 0 Å². The van der Waals surface area contributed by atoms with Crippen molar-refractivity contribution in [3.05, 3.63) is 0 Å². The molecule has 0 saturated heterocycles. The molecule has 0 fully saturated rings. The molecule has 0 rings (SSSR count). The Morgan fingerprint density at radius 3 is 1.93 bits per heavy atom. The molecule has 0 N–H and O–H groups in total. The summed E-state index contributed by atoms with van der Waals surface area (Å²) in [7, 11) is 0. The van der Waals surface area contributed by atoms with Crippen LogP contribution in [-0.2, 0) is 0 Å². The highest BCUT2D eigenvalue weighted by Gasteiger charge is 2.11. The molecule has 0 aromatic carbocycles. The normalized spacial score (nSPS) is 15.6. The van der Waals surface area contributed by atoms with E-state index in [1.54, 1.807) is 0 Å². The minimum absolute atomic E-state index is 0.854. The fourth-order valence-corrected chi connectivity index (χ4v) is 2.12. The molecule has 0 saturated carbocycles. The Hall–Kier alpha value is 0. The van der Waals surface area contributed by atoms with Crippen molar-refractivity contribution in [1.82, 2.24) is 0 Å². The maximum Gasteiger partial charge on any atom is -0.0417 e. The molecule has 0 aromatic rings. The number of hydrogen-bond acceptors (Lipinski definition) is 0. The largest absolute Gasteiger partial charge is 0.0654 e. The van der Waals surface area contributed by atoms with Gasteiger partial charge in [-0.25, -0.2) is 0 Å². The average Bonchev–Trinajstić information content (AvgIpc) is 2.17. The third-order valence-electron chi connectivity index (χ3n) is 3.71. The van der Waals surface area contributed by atoms with Gasteiger partial charge in [0.25, 0.3) is 0 Å². The van der Waals surface area contributed by atoms with E-state index in [1.165, 1.54) is 44.9 Å². The molecule has 0 aromatic heterocycles. The van der Waals surface area contributed by atoms with Crippen LogP contribution in [0.5, 0.6) is 0 Å². The molecule has 0 radical (unpaired) electrons. The summed E-state index contributed by atoms with van der Waals surface area (Å²) in [5.41, 5.74) is 0. The van der Waals surface area contributed by atoms with E-state index in [4.69, 9.17) is 0 Å². The van der Waals surface area contributed by atoms with Gasteiger partial charge in [-0.2, -0.15) is 0 Å². The fraction of sp³-hybridized carbons (Fsp3) is 1.00. The predicted molar refractivity (Wildman–Crippen MR) is 71.2 cm³/mol. The van der Waals surface area contributed by atoms with Crippen LogP contribution in [0.1, 0.15) is 79.6 Å². The second kappa shape index (κ2) is 9.24. The minimum atomic E-state index is 0.854. The van der Waals surface area contributed by atoms with Gasteiger partial charge >= 0.3 is 0 Å². The van der Waals surface area contributed by atoms with Gasteiger partial charge in [0.05, 0.1) is 0 Å². The topological polar surface area (TPSA) is 0 Å². The maximum atomic E-state index is 2.43. The third kappa shape index (κ3) is 8.96. The maximum absolute atomic E-state index is 2.43. The second-order valence-corrected chi connectivity index (χ2v) is 5.77. The molecule has 0 bridgehead atoms. The summed E-state index contributed by atoms with van der Waals surface area (Å²) in [5, 5.41) is 0. The zero-order chi connectivity index (χ0) is 11.7. The van der Waals surface area contributed by atoms with E-state index >= 15 is 0 Å². The average molecular weight is 212 g/mol. The van der Waals surface area contributed by atoms with Crippen molar-refractivity contribution in [2.45, 2.75) is 79.6 Å². The van der Waals surface area contributed by atoms with Crippen molar-refractivity contribution >= 4 is 0 Å². The molecule has 0 heterocycles. The Morgan fingerprint density at radius 2 is 1.40 bits per heavy atom. The SMILES string of the molecule is CCCCCCCC(C)CC(C)C(C)C. The second-order valence-electron chi connectivity index (χ2n) is 5.77. The molecule has 0 aliphatic heterocycles. The van der Waals surface area contributed by atoms with Gasteiger partial charge in [0.2, 0.25) is 0 Å². The Kier molecular flexibility index (Phi) is 9.24. The van der Waals surface area contributed by atoms with E-state index in [9.17, 15) is 0 Å². The summed E-state index contributed by atoms with van der Waals surface area (Å²) in [5.74, 6) is 2.69.